The Bertz CT molecular complexity index is 1470. The lowest BCUT2D eigenvalue weighted by atomic mass is 10.0. The van der Waals surface area contributed by atoms with E-state index in [9.17, 15) is 14.4 Å². The van der Waals surface area contributed by atoms with Crippen molar-refractivity contribution in [3.63, 3.8) is 0 Å². The van der Waals surface area contributed by atoms with Crippen LogP contribution in [-0.4, -0.2) is 37.2 Å². The van der Waals surface area contributed by atoms with Crippen LogP contribution in [0.5, 0.6) is 0 Å². The van der Waals surface area contributed by atoms with Crippen LogP contribution in [0.4, 0.5) is 0 Å². The number of unbranched alkanes of at least 4 members (excludes halogenated alkanes) is 35. The summed E-state index contributed by atoms with van der Waals surface area (Å²) in [5, 5.41) is 0. The molecule has 0 radical (unpaired) electrons. The van der Waals surface area contributed by atoms with E-state index < -0.39 is 6.10 Å². The SMILES string of the molecule is CC/C=C\C/C=C\C/C=C\C/C=C\C/C=C\CCCCCCCCCCCC(=O)OC(COC(=O)CCCCCCC)COC(=O)CCCCCCCCCCCCCCCCCCC/C=C\C/C=C\CCCCCCC. The second kappa shape index (κ2) is 65.1. The fourth-order valence-corrected chi connectivity index (χ4v) is 9.44. The van der Waals surface area contributed by atoms with Crippen LogP contribution in [0.1, 0.15) is 329 Å². The summed E-state index contributed by atoms with van der Waals surface area (Å²) in [6.07, 6.45) is 86.5. The maximum atomic E-state index is 12.8. The minimum atomic E-state index is -0.776. The molecule has 0 spiro atoms. The van der Waals surface area contributed by atoms with E-state index in [0.717, 1.165) is 109 Å². The van der Waals surface area contributed by atoms with Crippen LogP contribution < -0.4 is 0 Å². The summed E-state index contributed by atoms with van der Waals surface area (Å²) in [6, 6.07) is 0. The van der Waals surface area contributed by atoms with Gasteiger partial charge in [0.15, 0.2) is 6.10 Å². The van der Waals surface area contributed by atoms with Gasteiger partial charge in [-0.05, 0) is 96.3 Å². The summed E-state index contributed by atoms with van der Waals surface area (Å²) in [5.74, 6) is -0.885. The van der Waals surface area contributed by atoms with Crippen LogP contribution in [-0.2, 0) is 28.6 Å². The molecule has 0 saturated carbocycles. The van der Waals surface area contributed by atoms with E-state index in [2.05, 4.69) is 106 Å². The molecule has 77 heavy (non-hydrogen) atoms. The molecule has 1 atom stereocenters. The normalized spacial score (nSPS) is 12.6. The average Bonchev–Trinajstić information content (AvgIpc) is 3.43. The molecule has 0 fully saturated rings. The summed E-state index contributed by atoms with van der Waals surface area (Å²) >= 11 is 0. The lowest BCUT2D eigenvalue weighted by molar-refractivity contribution is -0.167. The maximum Gasteiger partial charge on any atom is 0.306 e. The standard InChI is InChI=1S/C71H124O6/c1-4-7-10-13-15-17-19-21-23-25-27-29-31-33-34-35-36-38-39-41-43-45-47-49-51-53-55-58-61-64-70(73)76-67-68(66-75-69(72)63-60-57-12-9-6-3)77-71(74)65-62-59-56-54-52-50-48-46-44-42-40-37-32-30-28-26-24-22-20-18-16-14-11-8-5-2/h8,11,16,18-19,21-22,24-25,27-28,30,37,40,68H,4-7,9-10,12-15,17,20,23,26,29,31-36,38-39,41-67H2,1-3H3/b11-8-,18-16-,21-19-,24-22-,27-25-,30-28-,40-37-. The predicted molar refractivity (Wildman–Crippen MR) is 334 cm³/mol. The number of rotatable bonds is 60. The molecule has 444 valence electrons. The summed E-state index contributed by atoms with van der Waals surface area (Å²) < 4.78 is 16.8. The number of hydrogen-bond acceptors (Lipinski definition) is 6. The number of hydrogen-bond donors (Lipinski definition) is 0. The van der Waals surface area contributed by atoms with Gasteiger partial charge in [-0.25, -0.2) is 0 Å². The van der Waals surface area contributed by atoms with Crippen LogP contribution in [0, 0.1) is 0 Å². The first-order valence-electron chi connectivity index (χ1n) is 33.1. The highest BCUT2D eigenvalue weighted by atomic mass is 16.6. The van der Waals surface area contributed by atoms with Gasteiger partial charge in [0, 0.05) is 19.3 Å². The Hall–Kier alpha value is -3.41. The number of esters is 3. The lowest BCUT2D eigenvalue weighted by Crippen LogP contribution is -2.30. The fourth-order valence-electron chi connectivity index (χ4n) is 9.44. The van der Waals surface area contributed by atoms with Crippen LogP contribution in [0.3, 0.4) is 0 Å². The molecule has 0 aliphatic carbocycles. The van der Waals surface area contributed by atoms with E-state index in [-0.39, 0.29) is 31.1 Å². The minimum Gasteiger partial charge on any atom is -0.462 e. The summed E-state index contributed by atoms with van der Waals surface area (Å²) in [5.41, 5.74) is 0. The third kappa shape index (κ3) is 63.3. The van der Waals surface area contributed by atoms with Gasteiger partial charge < -0.3 is 14.2 Å². The molecule has 0 rings (SSSR count). The molecule has 0 heterocycles. The average molecular weight is 1070 g/mol. The van der Waals surface area contributed by atoms with E-state index in [4.69, 9.17) is 14.2 Å². The molecule has 0 aromatic carbocycles. The topological polar surface area (TPSA) is 78.9 Å². The Balaban J connectivity index is 4.01. The van der Waals surface area contributed by atoms with Crippen LogP contribution in [0.15, 0.2) is 85.1 Å². The van der Waals surface area contributed by atoms with Crippen molar-refractivity contribution in [3.8, 4) is 0 Å². The van der Waals surface area contributed by atoms with E-state index in [1.807, 2.05) is 0 Å². The first-order chi connectivity index (χ1) is 38.0. The van der Waals surface area contributed by atoms with Crippen molar-refractivity contribution in [3.05, 3.63) is 85.1 Å². The number of allylic oxidation sites excluding steroid dienone is 14. The molecular formula is C71H124O6. The molecule has 0 bridgehead atoms. The molecule has 0 aliphatic heterocycles. The fraction of sp³-hybridized carbons (Fsp3) is 0.761. The number of carbonyl (C=O) groups excluding carboxylic acids is 3. The highest BCUT2D eigenvalue weighted by molar-refractivity contribution is 5.71. The van der Waals surface area contributed by atoms with Crippen molar-refractivity contribution in [1.29, 1.82) is 0 Å². The second-order valence-corrected chi connectivity index (χ2v) is 22.0. The molecule has 6 heteroatoms. The van der Waals surface area contributed by atoms with Gasteiger partial charge in [-0.3, -0.25) is 14.4 Å². The Morgan fingerprint density at radius 1 is 0.273 bits per heavy atom. The monoisotopic (exact) mass is 1070 g/mol. The van der Waals surface area contributed by atoms with Gasteiger partial charge in [0.05, 0.1) is 0 Å². The zero-order chi connectivity index (χ0) is 55.7. The van der Waals surface area contributed by atoms with Crippen molar-refractivity contribution in [2.75, 3.05) is 13.2 Å². The van der Waals surface area contributed by atoms with Gasteiger partial charge >= 0.3 is 17.9 Å². The Kier molecular flexibility index (Phi) is 62.2. The molecule has 0 amide bonds. The second-order valence-electron chi connectivity index (χ2n) is 22.0. The minimum absolute atomic E-state index is 0.0764. The zero-order valence-electron chi connectivity index (χ0n) is 51.0. The summed E-state index contributed by atoms with van der Waals surface area (Å²) in [4.78, 5) is 38.0. The molecule has 1 unspecified atom stereocenters. The van der Waals surface area contributed by atoms with Gasteiger partial charge in [-0.2, -0.15) is 0 Å². The zero-order valence-corrected chi connectivity index (χ0v) is 51.0. The van der Waals surface area contributed by atoms with Crippen molar-refractivity contribution >= 4 is 17.9 Å². The largest absolute Gasteiger partial charge is 0.462 e. The van der Waals surface area contributed by atoms with Crippen molar-refractivity contribution < 1.29 is 28.6 Å². The van der Waals surface area contributed by atoms with E-state index in [1.54, 1.807) is 0 Å². The third-order valence-corrected chi connectivity index (χ3v) is 14.4. The van der Waals surface area contributed by atoms with E-state index in [0.29, 0.717) is 19.3 Å². The first-order valence-corrected chi connectivity index (χ1v) is 33.1. The number of carbonyl (C=O) groups is 3. The van der Waals surface area contributed by atoms with Gasteiger partial charge in [0.25, 0.3) is 0 Å². The number of ether oxygens (including phenoxy) is 3. The van der Waals surface area contributed by atoms with Gasteiger partial charge in [0.1, 0.15) is 13.2 Å². The van der Waals surface area contributed by atoms with Crippen molar-refractivity contribution in [2.24, 2.45) is 0 Å². The smallest absolute Gasteiger partial charge is 0.306 e. The Morgan fingerprint density at radius 3 is 0.792 bits per heavy atom. The predicted octanol–water partition coefficient (Wildman–Crippen LogP) is 22.7. The summed E-state index contributed by atoms with van der Waals surface area (Å²) in [6.45, 7) is 6.46. The van der Waals surface area contributed by atoms with E-state index in [1.165, 1.54) is 180 Å². The van der Waals surface area contributed by atoms with Gasteiger partial charge in [-0.1, -0.05) is 298 Å². The van der Waals surface area contributed by atoms with Crippen molar-refractivity contribution in [2.45, 2.75) is 335 Å². The molecular weight excluding hydrogens is 949 g/mol. The summed E-state index contributed by atoms with van der Waals surface area (Å²) in [7, 11) is 0. The Labute approximate surface area is 477 Å². The Morgan fingerprint density at radius 2 is 0.506 bits per heavy atom. The molecule has 6 nitrogen and oxygen atoms in total. The molecule has 0 N–H and O–H groups in total. The van der Waals surface area contributed by atoms with Crippen molar-refractivity contribution in [1.82, 2.24) is 0 Å². The van der Waals surface area contributed by atoms with Gasteiger partial charge in [-0.15, -0.1) is 0 Å². The van der Waals surface area contributed by atoms with Gasteiger partial charge in [0.2, 0.25) is 0 Å². The molecule has 0 aromatic heterocycles. The molecule has 0 aliphatic rings. The van der Waals surface area contributed by atoms with Crippen LogP contribution in [0.25, 0.3) is 0 Å². The quantitative estimate of drug-likeness (QED) is 0.0261. The lowest BCUT2D eigenvalue weighted by Gasteiger charge is -2.18. The van der Waals surface area contributed by atoms with E-state index >= 15 is 0 Å². The van der Waals surface area contributed by atoms with Crippen LogP contribution in [0.2, 0.25) is 0 Å². The molecule has 0 aromatic rings. The first kappa shape index (κ1) is 73.6. The highest BCUT2D eigenvalue weighted by Gasteiger charge is 2.19. The van der Waals surface area contributed by atoms with Crippen LogP contribution >= 0.6 is 0 Å². The third-order valence-electron chi connectivity index (χ3n) is 14.4. The molecule has 0 saturated heterocycles. The highest BCUT2D eigenvalue weighted by Crippen LogP contribution is 2.17. The maximum absolute atomic E-state index is 12.8.